The Morgan fingerprint density at radius 1 is 1.45 bits per heavy atom. The second kappa shape index (κ2) is 5.87. The third kappa shape index (κ3) is 3.24. The lowest BCUT2D eigenvalue weighted by atomic mass is 10.1. The van der Waals surface area contributed by atoms with E-state index in [0.717, 1.165) is 5.56 Å². The molecular weight excluding hydrogens is 262 g/mol. The number of anilines is 1. The molecule has 2 rings (SSSR count). The largest absolute Gasteiger partial charge is 0.393 e. The molecule has 0 atom stereocenters. The van der Waals surface area contributed by atoms with E-state index in [4.69, 9.17) is 0 Å². The zero-order chi connectivity index (χ0) is 14.7. The molecule has 0 unspecified atom stereocenters. The van der Waals surface area contributed by atoms with Gasteiger partial charge in [0.25, 0.3) is 5.69 Å². The number of non-ortho nitro benzene ring substituents is 1. The highest BCUT2D eigenvalue weighted by molar-refractivity contribution is 5.90. The van der Waals surface area contributed by atoms with E-state index in [1.165, 1.54) is 12.1 Å². The average molecular weight is 279 g/mol. The highest BCUT2D eigenvalue weighted by atomic mass is 16.6. The number of amides is 2. The predicted molar refractivity (Wildman–Crippen MR) is 73.7 cm³/mol. The molecule has 1 aliphatic rings. The maximum atomic E-state index is 12.1. The lowest BCUT2D eigenvalue weighted by Crippen LogP contribution is -2.42. The van der Waals surface area contributed by atoms with Gasteiger partial charge in [-0.2, -0.15) is 0 Å². The van der Waals surface area contributed by atoms with Crippen molar-refractivity contribution in [2.45, 2.75) is 25.9 Å². The molecule has 1 aromatic carbocycles. The van der Waals surface area contributed by atoms with Crippen molar-refractivity contribution >= 4 is 17.4 Å². The Hall–Kier alpha value is -2.15. The van der Waals surface area contributed by atoms with E-state index >= 15 is 0 Å². The first kappa shape index (κ1) is 14.3. The van der Waals surface area contributed by atoms with E-state index in [0.29, 0.717) is 31.6 Å². The van der Waals surface area contributed by atoms with Gasteiger partial charge in [0.2, 0.25) is 0 Å². The first-order valence-corrected chi connectivity index (χ1v) is 6.46. The summed E-state index contributed by atoms with van der Waals surface area (Å²) < 4.78 is 0. The van der Waals surface area contributed by atoms with Gasteiger partial charge in [0.05, 0.1) is 16.7 Å². The molecule has 1 heterocycles. The van der Waals surface area contributed by atoms with E-state index in [-0.39, 0.29) is 17.8 Å². The van der Waals surface area contributed by atoms with Crippen LogP contribution >= 0.6 is 0 Å². The minimum absolute atomic E-state index is 0.0556. The molecular formula is C13H17N3O4. The number of nitro benzene ring substituents is 1. The van der Waals surface area contributed by atoms with Crippen molar-refractivity contribution < 1.29 is 14.8 Å². The lowest BCUT2D eigenvalue weighted by molar-refractivity contribution is -0.384. The molecule has 108 valence electrons. The third-order valence-electron chi connectivity index (χ3n) is 3.43. The Kier molecular flexibility index (Phi) is 4.19. The molecule has 0 radical (unpaired) electrons. The number of carbonyl (C=O) groups is 1. The number of urea groups is 1. The van der Waals surface area contributed by atoms with Crippen LogP contribution in [0.4, 0.5) is 16.2 Å². The highest BCUT2D eigenvalue weighted by Crippen LogP contribution is 2.22. The summed E-state index contributed by atoms with van der Waals surface area (Å²) in [5.41, 5.74) is 1.15. The fourth-order valence-electron chi connectivity index (χ4n) is 2.12. The van der Waals surface area contributed by atoms with Gasteiger partial charge >= 0.3 is 6.03 Å². The Labute approximate surface area is 116 Å². The third-order valence-corrected chi connectivity index (χ3v) is 3.43. The van der Waals surface area contributed by atoms with Crippen LogP contribution in [0, 0.1) is 17.0 Å². The number of aryl methyl sites for hydroxylation is 1. The number of rotatable bonds is 2. The highest BCUT2D eigenvalue weighted by Gasteiger charge is 2.22. The van der Waals surface area contributed by atoms with Crippen molar-refractivity contribution in [1.29, 1.82) is 0 Å². The Bertz CT molecular complexity index is 524. The number of nitro groups is 1. The van der Waals surface area contributed by atoms with Crippen LogP contribution in [-0.2, 0) is 0 Å². The van der Waals surface area contributed by atoms with Crippen molar-refractivity contribution in [3.63, 3.8) is 0 Å². The summed E-state index contributed by atoms with van der Waals surface area (Å²) in [7, 11) is 0. The fourth-order valence-corrected chi connectivity index (χ4v) is 2.12. The van der Waals surface area contributed by atoms with Crippen LogP contribution in [0.5, 0.6) is 0 Å². The Morgan fingerprint density at radius 3 is 2.70 bits per heavy atom. The van der Waals surface area contributed by atoms with Gasteiger partial charge in [0.15, 0.2) is 0 Å². The van der Waals surface area contributed by atoms with E-state index in [1.54, 1.807) is 17.9 Å². The summed E-state index contributed by atoms with van der Waals surface area (Å²) in [5, 5.41) is 22.8. The molecule has 0 saturated carbocycles. The quantitative estimate of drug-likeness (QED) is 0.638. The molecule has 7 heteroatoms. The molecule has 2 N–H and O–H groups in total. The Morgan fingerprint density at radius 2 is 2.10 bits per heavy atom. The SMILES string of the molecule is Cc1ccc([N+](=O)[O-])cc1NC(=O)N1CCC(O)CC1. The summed E-state index contributed by atoms with van der Waals surface area (Å²) in [4.78, 5) is 23.9. The smallest absolute Gasteiger partial charge is 0.321 e. The van der Waals surface area contributed by atoms with Crippen molar-refractivity contribution in [2.24, 2.45) is 0 Å². The van der Waals surface area contributed by atoms with E-state index < -0.39 is 4.92 Å². The van der Waals surface area contributed by atoms with Crippen LogP contribution in [0.25, 0.3) is 0 Å². The first-order chi connectivity index (χ1) is 9.47. The molecule has 1 aromatic rings. The Balaban J connectivity index is 2.07. The lowest BCUT2D eigenvalue weighted by Gasteiger charge is -2.29. The van der Waals surface area contributed by atoms with Gasteiger partial charge in [-0.25, -0.2) is 4.79 Å². The van der Waals surface area contributed by atoms with Crippen molar-refractivity contribution in [1.82, 2.24) is 4.90 Å². The first-order valence-electron chi connectivity index (χ1n) is 6.46. The monoisotopic (exact) mass is 279 g/mol. The topological polar surface area (TPSA) is 95.7 Å². The molecule has 0 bridgehead atoms. The van der Waals surface area contributed by atoms with E-state index in [2.05, 4.69) is 5.32 Å². The van der Waals surface area contributed by atoms with Crippen molar-refractivity contribution in [3.05, 3.63) is 33.9 Å². The van der Waals surface area contributed by atoms with E-state index in [1.807, 2.05) is 0 Å². The fraction of sp³-hybridized carbons (Fsp3) is 0.462. The molecule has 1 aliphatic heterocycles. The molecule has 1 saturated heterocycles. The number of nitrogens with one attached hydrogen (secondary N) is 1. The average Bonchev–Trinajstić information content (AvgIpc) is 2.41. The number of benzene rings is 1. The standard InChI is InChI=1S/C13H17N3O4/c1-9-2-3-10(16(19)20)8-12(9)14-13(18)15-6-4-11(17)5-7-15/h2-3,8,11,17H,4-7H2,1H3,(H,14,18). The maximum absolute atomic E-state index is 12.1. The normalized spacial score (nSPS) is 16.0. The van der Waals surface area contributed by atoms with Gasteiger partial charge in [-0.3, -0.25) is 10.1 Å². The number of piperidine rings is 1. The summed E-state index contributed by atoms with van der Waals surface area (Å²) in [5.74, 6) is 0. The summed E-state index contributed by atoms with van der Waals surface area (Å²) >= 11 is 0. The van der Waals surface area contributed by atoms with Crippen LogP contribution in [-0.4, -0.2) is 40.2 Å². The number of nitrogens with zero attached hydrogens (tertiary/aromatic N) is 2. The van der Waals surface area contributed by atoms with Gasteiger partial charge in [0.1, 0.15) is 0 Å². The molecule has 0 spiro atoms. The minimum atomic E-state index is -0.494. The molecule has 20 heavy (non-hydrogen) atoms. The molecule has 0 aliphatic carbocycles. The number of aliphatic hydroxyl groups excluding tert-OH is 1. The summed E-state index contributed by atoms with van der Waals surface area (Å²) in [6, 6.07) is 4.07. The van der Waals surface area contributed by atoms with Crippen LogP contribution in [0.3, 0.4) is 0 Å². The summed E-state index contributed by atoms with van der Waals surface area (Å²) in [6.45, 7) is 2.75. The predicted octanol–water partition coefficient (Wildman–Crippen LogP) is 1.89. The second-order valence-corrected chi connectivity index (χ2v) is 4.90. The molecule has 2 amide bonds. The summed E-state index contributed by atoms with van der Waals surface area (Å²) in [6.07, 6.45) is 0.765. The van der Waals surface area contributed by atoms with Gasteiger partial charge in [-0.1, -0.05) is 6.07 Å². The van der Waals surface area contributed by atoms with Crippen LogP contribution in [0.2, 0.25) is 0 Å². The number of likely N-dealkylation sites (tertiary alicyclic amines) is 1. The number of hydrogen-bond acceptors (Lipinski definition) is 4. The number of carbonyl (C=O) groups excluding carboxylic acids is 1. The van der Waals surface area contributed by atoms with Crippen LogP contribution in [0.15, 0.2) is 18.2 Å². The van der Waals surface area contributed by atoms with Gasteiger partial charge in [0, 0.05) is 25.2 Å². The zero-order valence-electron chi connectivity index (χ0n) is 11.2. The second-order valence-electron chi connectivity index (χ2n) is 4.90. The van der Waals surface area contributed by atoms with Crippen molar-refractivity contribution in [3.8, 4) is 0 Å². The minimum Gasteiger partial charge on any atom is -0.393 e. The van der Waals surface area contributed by atoms with Crippen molar-refractivity contribution in [2.75, 3.05) is 18.4 Å². The number of aliphatic hydroxyl groups is 1. The van der Waals surface area contributed by atoms with Crippen LogP contribution < -0.4 is 5.32 Å². The van der Waals surface area contributed by atoms with E-state index in [9.17, 15) is 20.0 Å². The molecule has 0 aromatic heterocycles. The molecule has 1 fully saturated rings. The van der Waals surface area contributed by atoms with Gasteiger partial charge in [-0.15, -0.1) is 0 Å². The van der Waals surface area contributed by atoms with Gasteiger partial charge in [-0.05, 0) is 25.3 Å². The zero-order valence-corrected chi connectivity index (χ0v) is 11.2. The van der Waals surface area contributed by atoms with Crippen LogP contribution in [0.1, 0.15) is 18.4 Å². The maximum Gasteiger partial charge on any atom is 0.321 e. The van der Waals surface area contributed by atoms with Gasteiger partial charge < -0.3 is 15.3 Å². The molecule has 7 nitrogen and oxygen atoms in total. The number of hydrogen-bond donors (Lipinski definition) is 2.